The lowest BCUT2D eigenvalue weighted by atomic mass is 10.2. The maximum atomic E-state index is 12.8. The number of anilines is 1. The summed E-state index contributed by atoms with van der Waals surface area (Å²) in [5.74, 6) is -1.22. The molecular weight excluding hydrogens is 482 g/mol. The van der Waals surface area contributed by atoms with Crippen molar-refractivity contribution in [1.29, 1.82) is 0 Å². The molecule has 0 fully saturated rings. The minimum Gasteiger partial charge on any atom is -0.343 e. The van der Waals surface area contributed by atoms with Gasteiger partial charge >= 0.3 is 6.03 Å². The van der Waals surface area contributed by atoms with E-state index in [1.807, 2.05) is 13.8 Å². The molecule has 0 aromatic heterocycles. The lowest BCUT2D eigenvalue weighted by Gasteiger charge is -2.21. The average molecular weight is 510 g/mol. The molecule has 2 rings (SSSR count). The van der Waals surface area contributed by atoms with Crippen LogP contribution in [0, 0.1) is 0 Å². The highest BCUT2D eigenvalue weighted by Gasteiger charge is 2.23. The van der Waals surface area contributed by atoms with Crippen LogP contribution in [0.3, 0.4) is 0 Å². The van der Waals surface area contributed by atoms with Crippen LogP contribution in [0.15, 0.2) is 53.4 Å². The van der Waals surface area contributed by atoms with Crippen LogP contribution < -0.4 is 21.5 Å². The maximum Gasteiger partial charge on any atom is 0.337 e. The van der Waals surface area contributed by atoms with Gasteiger partial charge in [-0.25, -0.2) is 18.6 Å². The molecule has 10 nitrogen and oxygen atoms in total. The van der Waals surface area contributed by atoms with Crippen molar-refractivity contribution in [2.24, 2.45) is 0 Å². The molecule has 0 bridgehead atoms. The van der Waals surface area contributed by atoms with Crippen molar-refractivity contribution in [3.8, 4) is 0 Å². The highest BCUT2D eigenvalue weighted by atomic mass is 35.5. The number of rotatable bonds is 10. The van der Waals surface area contributed by atoms with Gasteiger partial charge in [0.1, 0.15) is 0 Å². The van der Waals surface area contributed by atoms with E-state index in [1.165, 1.54) is 28.6 Å². The highest BCUT2D eigenvalue weighted by molar-refractivity contribution is 7.89. The summed E-state index contributed by atoms with van der Waals surface area (Å²) in [5, 5.41) is 5.41. The van der Waals surface area contributed by atoms with Gasteiger partial charge in [-0.3, -0.25) is 15.0 Å². The molecule has 0 atom stereocenters. The van der Waals surface area contributed by atoms with Crippen LogP contribution in [0.5, 0.6) is 0 Å². The zero-order chi connectivity index (χ0) is 25.1. The highest BCUT2D eigenvalue weighted by Crippen LogP contribution is 2.17. The molecule has 0 saturated heterocycles. The molecule has 4 N–H and O–H groups in total. The summed E-state index contributed by atoms with van der Waals surface area (Å²) in [6, 6.07) is 11.2. The quantitative estimate of drug-likeness (QED) is 0.365. The molecule has 0 aliphatic carbocycles. The number of hydrogen-bond acceptors (Lipinski definition) is 5. The van der Waals surface area contributed by atoms with Crippen molar-refractivity contribution in [2.45, 2.75) is 31.6 Å². The monoisotopic (exact) mass is 509 g/mol. The molecular formula is C22H28ClN5O5S. The Bertz CT molecular complexity index is 1090. The van der Waals surface area contributed by atoms with E-state index in [4.69, 9.17) is 11.6 Å². The Labute approximate surface area is 204 Å². The van der Waals surface area contributed by atoms with E-state index < -0.39 is 34.4 Å². The van der Waals surface area contributed by atoms with E-state index in [2.05, 4.69) is 21.5 Å². The fourth-order valence-electron chi connectivity index (χ4n) is 2.91. The van der Waals surface area contributed by atoms with Crippen LogP contribution in [-0.2, 0) is 14.8 Å². The summed E-state index contributed by atoms with van der Waals surface area (Å²) in [7, 11) is -3.65. The van der Waals surface area contributed by atoms with E-state index in [-0.39, 0.29) is 10.5 Å². The number of benzene rings is 2. The van der Waals surface area contributed by atoms with Crippen molar-refractivity contribution in [3.05, 3.63) is 59.1 Å². The zero-order valence-corrected chi connectivity index (χ0v) is 20.5. The lowest BCUT2D eigenvalue weighted by Crippen LogP contribution is -2.47. The van der Waals surface area contributed by atoms with Crippen molar-refractivity contribution >= 4 is 45.2 Å². The first kappa shape index (κ1) is 27.1. The van der Waals surface area contributed by atoms with Crippen LogP contribution in [-0.4, -0.2) is 50.2 Å². The second-order valence-corrected chi connectivity index (χ2v) is 9.62. The third-order valence-corrected chi connectivity index (χ3v) is 6.69. The minimum absolute atomic E-state index is 0.0968. The number of nitrogens with one attached hydrogen (secondary N) is 4. The molecule has 184 valence electrons. The Kier molecular flexibility index (Phi) is 10.3. The van der Waals surface area contributed by atoms with Crippen molar-refractivity contribution in [2.75, 3.05) is 25.0 Å². The molecule has 12 heteroatoms. The third kappa shape index (κ3) is 8.01. The Morgan fingerprint density at radius 3 is 2.03 bits per heavy atom. The van der Waals surface area contributed by atoms with E-state index in [0.717, 1.165) is 0 Å². The lowest BCUT2D eigenvalue weighted by molar-refractivity contribution is -0.120. The second kappa shape index (κ2) is 12.9. The van der Waals surface area contributed by atoms with E-state index in [9.17, 15) is 22.8 Å². The van der Waals surface area contributed by atoms with Gasteiger partial charge in [0.25, 0.3) is 11.8 Å². The fourth-order valence-corrected chi connectivity index (χ4v) is 4.66. The van der Waals surface area contributed by atoms with E-state index in [1.54, 1.807) is 24.3 Å². The topological polar surface area (TPSA) is 137 Å². The summed E-state index contributed by atoms with van der Waals surface area (Å²) < 4.78 is 27.0. The first-order chi connectivity index (χ1) is 16.2. The molecule has 0 unspecified atom stereocenters. The normalized spacial score (nSPS) is 11.1. The van der Waals surface area contributed by atoms with Crippen LogP contribution in [0.25, 0.3) is 0 Å². The number of sulfonamides is 1. The Morgan fingerprint density at radius 1 is 0.882 bits per heavy atom. The van der Waals surface area contributed by atoms with Crippen molar-refractivity contribution in [3.63, 3.8) is 0 Å². The fraction of sp³-hybridized carbons (Fsp3) is 0.318. The summed E-state index contributed by atoms with van der Waals surface area (Å²) in [4.78, 5) is 36.1. The molecule has 0 aliphatic heterocycles. The van der Waals surface area contributed by atoms with Gasteiger partial charge in [0, 0.05) is 29.4 Å². The van der Waals surface area contributed by atoms with Crippen LogP contribution in [0.2, 0.25) is 5.02 Å². The summed E-state index contributed by atoms with van der Waals surface area (Å²) in [5.41, 5.74) is 4.99. The zero-order valence-electron chi connectivity index (χ0n) is 18.9. The van der Waals surface area contributed by atoms with Gasteiger partial charge in [-0.2, -0.15) is 4.31 Å². The van der Waals surface area contributed by atoms with E-state index in [0.29, 0.717) is 36.6 Å². The van der Waals surface area contributed by atoms with Gasteiger partial charge < -0.3 is 10.6 Å². The van der Waals surface area contributed by atoms with Gasteiger partial charge in [0.05, 0.1) is 11.4 Å². The smallest absolute Gasteiger partial charge is 0.337 e. The number of amides is 4. The van der Waals surface area contributed by atoms with Crippen LogP contribution in [0.4, 0.5) is 10.5 Å². The van der Waals surface area contributed by atoms with Crippen LogP contribution >= 0.6 is 11.6 Å². The number of carbonyl (C=O) groups excluding carboxylic acids is 3. The number of hydrazine groups is 1. The Balaban J connectivity index is 1.84. The molecule has 34 heavy (non-hydrogen) atoms. The third-order valence-electron chi connectivity index (χ3n) is 4.53. The van der Waals surface area contributed by atoms with Gasteiger partial charge in [0.15, 0.2) is 0 Å². The Morgan fingerprint density at radius 2 is 1.47 bits per heavy atom. The first-order valence-electron chi connectivity index (χ1n) is 10.7. The first-order valence-corrected chi connectivity index (χ1v) is 12.5. The maximum absolute atomic E-state index is 12.8. The van der Waals surface area contributed by atoms with Crippen LogP contribution in [0.1, 0.15) is 37.0 Å². The molecule has 0 heterocycles. The van der Waals surface area contributed by atoms with E-state index >= 15 is 0 Å². The molecule has 2 aromatic rings. The van der Waals surface area contributed by atoms with Crippen molar-refractivity contribution < 1.29 is 22.8 Å². The Hall–Kier alpha value is -3.15. The predicted octanol–water partition coefficient (Wildman–Crippen LogP) is 2.73. The summed E-state index contributed by atoms with van der Waals surface area (Å²) in [6.45, 7) is 4.24. The SMILES string of the molecule is CCCN(CCC)S(=O)(=O)c1ccc(C(=O)NCC(=O)NNC(=O)Nc2ccc(Cl)cc2)cc1. The molecule has 0 aliphatic rings. The van der Waals surface area contributed by atoms with Gasteiger partial charge in [-0.15, -0.1) is 0 Å². The molecule has 0 radical (unpaired) electrons. The number of halogens is 1. The second-order valence-electron chi connectivity index (χ2n) is 7.25. The van der Waals surface area contributed by atoms with Gasteiger partial charge in [0.2, 0.25) is 10.0 Å². The largest absolute Gasteiger partial charge is 0.343 e. The van der Waals surface area contributed by atoms with Gasteiger partial charge in [-0.1, -0.05) is 25.4 Å². The standard InChI is InChI=1S/C22H28ClN5O5S/c1-3-13-28(14-4-2)34(32,33)19-11-5-16(6-12-19)21(30)24-15-20(29)26-27-22(31)25-18-9-7-17(23)8-10-18/h5-12H,3-4,13-15H2,1-2H3,(H,24,30)(H,26,29)(H2,25,27,31). The number of carbonyl (C=O) groups is 3. The molecule has 0 saturated carbocycles. The molecule has 2 aromatic carbocycles. The number of urea groups is 1. The summed E-state index contributed by atoms with van der Waals surface area (Å²) >= 11 is 5.77. The number of hydrogen-bond donors (Lipinski definition) is 4. The minimum atomic E-state index is -3.65. The van der Waals surface area contributed by atoms with Gasteiger partial charge in [-0.05, 0) is 61.4 Å². The number of nitrogens with zero attached hydrogens (tertiary/aromatic N) is 1. The summed E-state index contributed by atoms with van der Waals surface area (Å²) in [6.07, 6.45) is 1.39. The van der Waals surface area contributed by atoms with Crippen molar-refractivity contribution in [1.82, 2.24) is 20.5 Å². The molecule has 0 spiro atoms. The molecule has 4 amide bonds. The average Bonchev–Trinajstić information content (AvgIpc) is 2.82. The predicted molar refractivity (Wildman–Crippen MR) is 130 cm³/mol.